The maximum atomic E-state index is 12.0. The molecule has 0 aliphatic carbocycles. The summed E-state index contributed by atoms with van der Waals surface area (Å²) in [5.41, 5.74) is 0.504. The van der Waals surface area contributed by atoms with Gasteiger partial charge in [0.15, 0.2) is 0 Å². The monoisotopic (exact) mass is 377 g/mol. The van der Waals surface area contributed by atoms with Crippen molar-refractivity contribution in [2.45, 2.75) is 20.3 Å². The Kier molecular flexibility index (Phi) is 5.82. The zero-order valence-corrected chi connectivity index (χ0v) is 13.6. The van der Waals surface area contributed by atoms with Crippen LogP contribution >= 0.6 is 31.9 Å². The van der Waals surface area contributed by atoms with Crippen LogP contribution < -0.4 is 5.32 Å². The third-order valence-corrected chi connectivity index (χ3v) is 3.56. The highest BCUT2D eigenvalue weighted by Crippen LogP contribution is 2.21. The molecule has 0 aliphatic rings. The number of halogens is 2. The summed E-state index contributed by atoms with van der Waals surface area (Å²) in [4.78, 5) is 12.0. The SMILES string of the molecule is CC(C)(CCO)CNC(=O)c1cc(Br)cc(Br)c1. The van der Waals surface area contributed by atoms with Crippen molar-refractivity contribution in [2.75, 3.05) is 13.2 Å². The zero-order valence-electron chi connectivity index (χ0n) is 10.5. The van der Waals surface area contributed by atoms with Crippen LogP contribution in [0.15, 0.2) is 27.1 Å². The predicted octanol–water partition coefficient (Wildman–Crippen LogP) is 3.35. The second-order valence-corrected chi connectivity index (χ2v) is 6.81. The lowest BCUT2D eigenvalue weighted by Gasteiger charge is -2.23. The molecule has 0 heterocycles. The Labute approximate surface area is 124 Å². The van der Waals surface area contributed by atoms with Crippen LogP contribution in [-0.2, 0) is 0 Å². The van der Waals surface area contributed by atoms with E-state index in [9.17, 15) is 4.79 Å². The van der Waals surface area contributed by atoms with Gasteiger partial charge in [0, 0.05) is 27.7 Å². The maximum absolute atomic E-state index is 12.0. The molecule has 0 unspecified atom stereocenters. The molecule has 0 aliphatic heterocycles. The van der Waals surface area contributed by atoms with Gasteiger partial charge in [-0.3, -0.25) is 4.79 Å². The van der Waals surface area contributed by atoms with Crippen molar-refractivity contribution >= 4 is 37.8 Å². The smallest absolute Gasteiger partial charge is 0.251 e. The van der Waals surface area contributed by atoms with Crippen LogP contribution in [0.5, 0.6) is 0 Å². The molecule has 0 saturated carbocycles. The summed E-state index contributed by atoms with van der Waals surface area (Å²) in [6.07, 6.45) is 0.662. The molecule has 0 radical (unpaired) electrons. The summed E-state index contributed by atoms with van der Waals surface area (Å²) in [6.45, 7) is 4.70. The molecule has 3 nitrogen and oxygen atoms in total. The van der Waals surface area contributed by atoms with Crippen LogP contribution in [0.4, 0.5) is 0 Å². The first-order valence-corrected chi connectivity index (χ1v) is 7.28. The van der Waals surface area contributed by atoms with Crippen molar-refractivity contribution in [3.05, 3.63) is 32.7 Å². The van der Waals surface area contributed by atoms with Crippen LogP contribution in [-0.4, -0.2) is 24.2 Å². The Morgan fingerprint density at radius 2 is 1.83 bits per heavy atom. The van der Waals surface area contributed by atoms with E-state index in [4.69, 9.17) is 5.11 Å². The normalized spacial score (nSPS) is 11.4. The van der Waals surface area contributed by atoms with E-state index in [1.54, 1.807) is 12.1 Å². The molecular formula is C13H17Br2NO2. The number of hydrogen-bond donors (Lipinski definition) is 2. The van der Waals surface area contributed by atoms with E-state index in [0.29, 0.717) is 18.5 Å². The number of aliphatic hydroxyl groups excluding tert-OH is 1. The fourth-order valence-corrected chi connectivity index (χ4v) is 2.79. The Bertz CT molecular complexity index is 413. The molecule has 18 heavy (non-hydrogen) atoms. The van der Waals surface area contributed by atoms with Gasteiger partial charge in [-0.05, 0) is 30.0 Å². The highest BCUT2D eigenvalue weighted by atomic mass is 79.9. The number of carbonyl (C=O) groups excluding carboxylic acids is 1. The van der Waals surface area contributed by atoms with E-state index in [1.807, 2.05) is 19.9 Å². The standard InChI is InChI=1S/C13H17Br2NO2/c1-13(2,3-4-17)8-16-12(18)9-5-10(14)7-11(15)6-9/h5-7,17H,3-4,8H2,1-2H3,(H,16,18). The topological polar surface area (TPSA) is 49.3 Å². The van der Waals surface area contributed by atoms with Gasteiger partial charge >= 0.3 is 0 Å². The van der Waals surface area contributed by atoms with Crippen molar-refractivity contribution in [3.63, 3.8) is 0 Å². The second kappa shape index (κ2) is 6.68. The fraction of sp³-hybridized carbons (Fsp3) is 0.462. The van der Waals surface area contributed by atoms with Crippen molar-refractivity contribution in [2.24, 2.45) is 5.41 Å². The summed E-state index contributed by atoms with van der Waals surface area (Å²) in [7, 11) is 0. The first-order chi connectivity index (χ1) is 8.34. The van der Waals surface area contributed by atoms with E-state index >= 15 is 0 Å². The number of amides is 1. The van der Waals surface area contributed by atoms with Crippen molar-refractivity contribution in [1.29, 1.82) is 0 Å². The number of rotatable bonds is 5. The highest BCUT2D eigenvalue weighted by molar-refractivity contribution is 9.11. The minimum atomic E-state index is -0.108. The summed E-state index contributed by atoms with van der Waals surface area (Å²) < 4.78 is 1.72. The van der Waals surface area contributed by atoms with Gasteiger partial charge in [0.05, 0.1) is 0 Å². The van der Waals surface area contributed by atoms with Gasteiger partial charge < -0.3 is 10.4 Å². The zero-order chi connectivity index (χ0) is 13.8. The number of carbonyl (C=O) groups is 1. The van der Waals surface area contributed by atoms with E-state index < -0.39 is 0 Å². The van der Waals surface area contributed by atoms with Gasteiger partial charge in [0.25, 0.3) is 5.91 Å². The average Bonchev–Trinajstić information content (AvgIpc) is 2.24. The molecule has 1 aromatic rings. The van der Waals surface area contributed by atoms with Gasteiger partial charge in [-0.25, -0.2) is 0 Å². The molecule has 100 valence electrons. The quantitative estimate of drug-likeness (QED) is 0.825. The molecule has 0 spiro atoms. The van der Waals surface area contributed by atoms with E-state index in [-0.39, 0.29) is 17.9 Å². The van der Waals surface area contributed by atoms with Crippen LogP contribution in [0.3, 0.4) is 0 Å². The lowest BCUT2D eigenvalue weighted by Crippen LogP contribution is -2.34. The molecule has 2 N–H and O–H groups in total. The molecule has 0 bridgehead atoms. The molecule has 1 aromatic carbocycles. The van der Waals surface area contributed by atoms with Crippen LogP contribution in [0.2, 0.25) is 0 Å². The summed E-state index contributed by atoms with van der Waals surface area (Å²) in [5, 5.41) is 11.8. The molecule has 0 saturated heterocycles. The molecule has 0 fully saturated rings. The lowest BCUT2D eigenvalue weighted by atomic mass is 9.89. The van der Waals surface area contributed by atoms with Gasteiger partial charge in [-0.2, -0.15) is 0 Å². The van der Waals surface area contributed by atoms with E-state index in [2.05, 4.69) is 37.2 Å². The van der Waals surface area contributed by atoms with Crippen LogP contribution in [0.25, 0.3) is 0 Å². The summed E-state index contributed by atoms with van der Waals surface area (Å²) in [5.74, 6) is -0.108. The third kappa shape index (κ3) is 5.08. The lowest BCUT2D eigenvalue weighted by molar-refractivity contribution is 0.0928. The minimum absolute atomic E-state index is 0.104. The Hall–Kier alpha value is -0.390. The van der Waals surface area contributed by atoms with Crippen LogP contribution in [0.1, 0.15) is 30.6 Å². The molecule has 0 aromatic heterocycles. The number of aliphatic hydroxyl groups is 1. The van der Waals surface area contributed by atoms with E-state index in [1.165, 1.54) is 0 Å². The number of hydrogen-bond acceptors (Lipinski definition) is 2. The first-order valence-electron chi connectivity index (χ1n) is 5.69. The van der Waals surface area contributed by atoms with E-state index in [0.717, 1.165) is 8.95 Å². The molecule has 1 amide bonds. The maximum Gasteiger partial charge on any atom is 0.251 e. The van der Waals surface area contributed by atoms with Crippen LogP contribution in [0, 0.1) is 5.41 Å². The van der Waals surface area contributed by atoms with Gasteiger partial charge in [-0.1, -0.05) is 45.7 Å². The Balaban J connectivity index is 2.66. The molecule has 1 rings (SSSR count). The minimum Gasteiger partial charge on any atom is -0.396 e. The highest BCUT2D eigenvalue weighted by Gasteiger charge is 2.18. The average molecular weight is 379 g/mol. The molecule has 5 heteroatoms. The molecular weight excluding hydrogens is 362 g/mol. The largest absolute Gasteiger partial charge is 0.396 e. The molecule has 0 atom stereocenters. The second-order valence-electron chi connectivity index (χ2n) is 4.98. The Morgan fingerprint density at radius 1 is 1.28 bits per heavy atom. The fourth-order valence-electron chi connectivity index (χ4n) is 1.50. The van der Waals surface area contributed by atoms with Gasteiger partial charge in [-0.15, -0.1) is 0 Å². The number of nitrogens with one attached hydrogen (secondary N) is 1. The van der Waals surface area contributed by atoms with Crippen molar-refractivity contribution < 1.29 is 9.90 Å². The number of benzene rings is 1. The summed E-state index contributed by atoms with van der Waals surface area (Å²) in [6, 6.07) is 5.44. The summed E-state index contributed by atoms with van der Waals surface area (Å²) >= 11 is 6.71. The van der Waals surface area contributed by atoms with Gasteiger partial charge in [0.2, 0.25) is 0 Å². The van der Waals surface area contributed by atoms with Crippen molar-refractivity contribution in [3.8, 4) is 0 Å². The first kappa shape index (κ1) is 15.7. The van der Waals surface area contributed by atoms with Gasteiger partial charge in [0.1, 0.15) is 0 Å². The Morgan fingerprint density at radius 3 is 2.33 bits per heavy atom. The predicted molar refractivity (Wildman–Crippen MR) is 79.7 cm³/mol. The third-order valence-electron chi connectivity index (χ3n) is 2.64. The van der Waals surface area contributed by atoms with Crippen molar-refractivity contribution in [1.82, 2.24) is 5.32 Å².